The fraction of sp³-hybridized carbons (Fsp3) is 0.444. The van der Waals surface area contributed by atoms with Gasteiger partial charge in [0.2, 0.25) is 11.8 Å². The lowest BCUT2D eigenvalue weighted by molar-refractivity contribution is -0.137. The summed E-state index contributed by atoms with van der Waals surface area (Å²) in [4.78, 5) is 29.6. The van der Waals surface area contributed by atoms with E-state index in [1.54, 1.807) is 0 Å². The number of fused-ring (bicyclic) bond motifs is 1. The Kier molecular flexibility index (Phi) is 6.45. The SMILES string of the molecule is CC(=O)NC(Cc1c[nH]c2ccccc12)C(=O)N1CCN[C@H](C)C1.Cl. The van der Waals surface area contributed by atoms with Gasteiger partial charge in [-0.25, -0.2) is 0 Å². The van der Waals surface area contributed by atoms with E-state index in [9.17, 15) is 9.59 Å². The maximum absolute atomic E-state index is 12.9. The zero-order valence-electron chi connectivity index (χ0n) is 14.5. The monoisotopic (exact) mass is 364 g/mol. The highest BCUT2D eigenvalue weighted by atomic mass is 35.5. The molecule has 1 saturated heterocycles. The van der Waals surface area contributed by atoms with Crippen LogP contribution in [-0.4, -0.2) is 53.4 Å². The van der Waals surface area contributed by atoms with E-state index in [1.807, 2.05) is 35.4 Å². The van der Waals surface area contributed by atoms with Crippen LogP contribution in [0.25, 0.3) is 10.9 Å². The van der Waals surface area contributed by atoms with Gasteiger partial charge in [-0.05, 0) is 18.6 Å². The maximum atomic E-state index is 12.9. The lowest BCUT2D eigenvalue weighted by Crippen LogP contribution is -2.57. The Morgan fingerprint density at radius 2 is 2.12 bits per heavy atom. The molecule has 0 saturated carbocycles. The molecular weight excluding hydrogens is 340 g/mol. The number of carbonyl (C=O) groups excluding carboxylic acids is 2. The molecule has 0 radical (unpaired) electrons. The minimum atomic E-state index is -0.535. The molecule has 3 N–H and O–H groups in total. The first-order valence-electron chi connectivity index (χ1n) is 8.39. The minimum absolute atomic E-state index is 0. The summed E-state index contributed by atoms with van der Waals surface area (Å²) in [5, 5.41) is 7.25. The van der Waals surface area contributed by atoms with E-state index in [2.05, 4.69) is 22.5 Å². The zero-order valence-corrected chi connectivity index (χ0v) is 15.4. The molecule has 2 aromatic rings. The normalized spacial score (nSPS) is 18.5. The summed E-state index contributed by atoms with van der Waals surface area (Å²) < 4.78 is 0. The average molecular weight is 365 g/mol. The highest BCUT2D eigenvalue weighted by Crippen LogP contribution is 2.20. The number of hydrogen-bond donors (Lipinski definition) is 3. The summed E-state index contributed by atoms with van der Waals surface area (Å²) >= 11 is 0. The van der Waals surface area contributed by atoms with Crippen molar-refractivity contribution in [3.63, 3.8) is 0 Å². The molecule has 7 heteroatoms. The smallest absolute Gasteiger partial charge is 0.245 e. The molecule has 6 nitrogen and oxygen atoms in total. The topological polar surface area (TPSA) is 77.2 Å². The second-order valence-electron chi connectivity index (χ2n) is 6.46. The van der Waals surface area contributed by atoms with Crippen LogP contribution in [0.5, 0.6) is 0 Å². The largest absolute Gasteiger partial charge is 0.361 e. The van der Waals surface area contributed by atoms with Crippen molar-refractivity contribution in [1.82, 2.24) is 20.5 Å². The van der Waals surface area contributed by atoms with Crippen LogP contribution in [0.15, 0.2) is 30.5 Å². The lowest BCUT2D eigenvalue weighted by Gasteiger charge is -2.34. The number of H-pyrrole nitrogens is 1. The van der Waals surface area contributed by atoms with Crippen molar-refractivity contribution in [3.8, 4) is 0 Å². The number of carbonyl (C=O) groups is 2. The van der Waals surface area contributed by atoms with Crippen molar-refractivity contribution in [3.05, 3.63) is 36.0 Å². The Morgan fingerprint density at radius 1 is 1.36 bits per heavy atom. The lowest BCUT2D eigenvalue weighted by atomic mass is 10.0. The molecule has 0 spiro atoms. The number of aromatic nitrogens is 1. The summed E-state index contributed by atoms with van der Waals surface area (Å²) in [5.41, 5.74) is 2.08. The van der Waals surface area contributed by atoms with Gasteiger partial charge in [0.05, 0.1) is 0 Å². The standard InChI is InChI=1S/C18H24N4O2.ClH/c1-12-11-22(8-7-19-12)18(24)17(21-13(2)23)9-14-10-20-16-6-4-3-5-15(14)16;/h3-6,10,12,17,19-20H,7-9,11H2,1-2H3,(H,21,23);1H/t12-,17?;/m1./s1. The molecule has 3 rings (SSSR count). The minimum Gasteiger partial charge on any atom is -0.361 e. The van der Waals surface area contributed by atoms with Gasteiger partial charge in [-0.3, -0.25) is 9.59 Å². The number of benzene rings is 1. The summed E-state index contributed by atoms with van der Waals surface area (Å²) in [6, 6.07) is 7.73. The number of nitrogens with one attached hydrogen (secondary N) is 3. The molecule has 1 unspecified atom stereocenters. The predicted molar refractivity (Wildman–Crippen MR) is 101 cm³/mol. The van der Waals surface area contributed by atoms with E-state index in [-0.39, 0.29) is 30.3 Å². The number of piperazine rings is 1. The number of amides is 2. The quantitative estimate of drug-likeness (QED) is 0.768. The molecule has 1 aliphatic rings. The fourth-order valence-electron chi connectivity index (χ4n) is 3.32. The molecule has 2 amide bonds. The Morgan fingerprint density at radius 3 is 2.84 bits per heavy atom. The molecule has 2 atom stereocenters. The molecule has 1 aromatic carbocycles. The molecule has 2 heterocycles. The Labute approximate surface area is 153 Å². The molecule has 25 heavy (non-hydrogen) atoms. The summed E-state index contributed by atoms with van der Waals surface area (Å²) in [5.74, 6) is -0.194. The predicted octanol–water partition coefficient (Wildman–Crippen LogP) is 1.46. The van der Waals surface area contributed by atoms with E-state index < -0.39 is 6.04 Å². The first-order chi connectivity index (χ1) is 11.5. The number of rotatable bonds is 4. The number of para-hydroxylation sites is 1. The molecule has 136 valence electrons. The van der Waals surface area contributed by atoms with Crippen molar-refractivity contribution >= 4 is 35.1 Å². The van der Waals surface area contributed by atoms with Crippen LogP contribution in [-0.2, 0) is 16.0 Å². The van der Waals surface area contributed by atoms with Gasteiger partial charge >= 0.3 is 0 Å². The molecule has 1 fully saturated rings. The van der Waals surface area contributed by atoms with Crippen molar-refractivity contribution in [2.45, 2.75) is 32.4 Å². The van der Waals surface area contributed by atoms with Gasteiger partial charge in [0.1, 0.15) is 6.04 Å². The third-order valence-electron chi connectivity index (χ3n) is 4.45. The van der Waals surface area contributed by atoms with Crippen LogP contribution in [0.2, 0.25) is 0 Å². The Balaban J connectivity index is 0.00000225. The molecular formula is C18H25ClN4O2. The third kappa shape index (κ3) is 4.52. The molecule has 1 aliphatic heterocycles. The number of nitrogens with zero attached hydrogens (tertiary/aromatic N) is 1. The van der Waals surface area contributed by atoms with Crippen LogP contribution < -0.4 is 10.6 Å². The van der Waals surface area contributed by atoms with Crippen LogP contribution in [0, 0.1) is 0 Å². The van der Waals surface area contributed by atoms with E-state index >= 15 is 0 Å². The first kappa shape index (κ1) is 19.3. The van der Waals surface area contributed by atoms with Crippen LogP contribution in [0.3, 0.4) is 0 Å². The van der Waals surface area contributed by atoms with Crippen molar-refractivity contribution in [2.24, 2.45) is 0 Å². The van der Waals surface area contributed by atoms with Crippen molar-refractivity contribution < 1.29 is 9.59 Å². The van der Waals surface area contributed by atoms with Gasteiger partial charge in [-0.2, -0.15) is 0 Å². The van der Waals surface area contributed by atoms with E-state index in [0.717, 1.165) is 23.0 Å². The summed E-state index contributed by atoms with van der Waals surface area (Å²) in [7, 11) is 0. The van der Waals surface area contributed by atoms with E-state index in [4.69, 9.17) is 0 Å². The second kappa shape index (κ2) is 8.36. The summed E-state index contributed by atoms with van der Waals surface area (Å²) in [6.45, 7) is 5.64. The van der Waals surface area contributed by atoms with Crippen LogP contribution in [0.4, 0.5) is 0 Å². The van der Waals surface area contributed by atoms with Gasteiger partial charge in [0, 0.05) is 56.1 Å². The Hall–Kier alpha value is -2.05. The highest BCUT2D eigenvalue weighted by molar-refractivity contribution is 5.89. The van der Waals surface area contributed by atoms with Crippen molar-refractivity contribution in [1.29, 1.82) is 0 Å². The first-order valence-corrected chi connectivity index (χ1v) is 8.39. The summed E-state index contributed by atoms with van der Waals surface area (Å²) in [6.07, 6.45) is 2.41. The third-order valence-corrected chi connectivity index (χ3v) is 4.45. The van der Waals surface area contributed by atoms with Crippen LogP contribution >= 0.6 is 12.4 Å². The average Bonchev–Trinajstić information content (AvgIpc) is 2.96. The van der Waals surface area contributed by atoms with Gasteiger partial charge < -0.3 is 20.5 Å². The van der Waals surface area contributed by atoms with Gasteiger partial charge in [0.25, 0.3) is 0 Å². The maximum Gasteiger partial charge on any atom is 0.245 e. The zero-order chi connectivity index (χ0) is 17.1. The van der Waals surface area contributed by atoms with Crippen molar-refractivity contribution in [2.75, 3.05) is 19.6 Å². The highest BCUT2D eigenvalue weighted by Gasteiger charge is 2.28. The van der Waals surface area contributed by atoms with Gasteiger partial charge in [-0.1, -0.05) is 18.2 Å². The van der Waals surface area contributed by atoms with Gasteiger partial charge in [-0.15, -0.1) is 12.4 Å². The second-order valence-corrected chi connectivity index (χ2v) is 6.46. The number of hydrogen-bond acceptors (Lipinski definition) is 3. The molecule has 0 bridgehead atoms. The van der Waals surface area contributed by atoms with E-state index in [0.29, 0.717) is 19.5 Å². The Bertz CT molecular complexity index is 746. The molecule has 1 aromatic heterocycles. The number of halogens is 1. The molecule has 0 aliphatic carbocycles. The fourth-order valence-corrected chi connectivity index (χ4v) is 3.32. The van der Waals surface area contributed by atoms with E-state index in [1.165, 1.54) is 6.92 Å². The van der Waals surface area contributed by atoms with Gasteiger partial charge in [0.15, 0.2) is 0 Å². The van der Waals surface area contributed by atoms with Crippen LogP contribution in [0.1, 0.15) is 19.4 Å². The number of aromatic amines is 1.